The van der Waals surface area contributed by atoms with Crippen molar-refractivity contribution in [2.75, 3.05) is 40.4 Å². The Balaban J connectivity index is 2.17. The molecule has 128 valence electrons. The number of ether oxygens (including phenoxy) is 2. The zero-order valence-corrected chi connectivity index (χ0v) is 15.7. The van der Waals surface area contributed by atoms with E-state index in [9.17, 15) is 0 Å². The lowest BCUT2D eigenvalue weighted by Gasteiger charge is -2.37. The van der Waals surface area contributed by atoms with Gasteiger partial charge in [-0.3, -0.25) is 4.90 Å². The fraction of sp³-hybridized carbons (Fsp3) is 0.368. The van der Waals surface area contributed by atoms with Gasteiger partial charge in [0, 0.05) is 30.7 Å². The van der Waals surface area contributed by atoms with Crippen LogP contribution in [-0.2, 0) is 0 Å². The van der Waals surface area contributed by atoms with E-state index in [1.54, 1.807) is 14.2 Å². The van der Waals surface area contributed by atoms with Gasteiger partial charge in [0.1, 0.15) is 11.5 Å². The van der Waals surface area contributed by atoms with E-state index in [1.807, 2.05) is 24.3 Å². The maximum Gasteiger partial charge on any atom is 0.127 e. The second-order valence-corrected chi connectivity index (χ2v) is 6.64. The first kappa shape index (κ1) is 17.3. The van der Waals surface area contributed by atoms with E-state index in [2.05, 4.69) is 44.3 Å². The summed E-state index contributed by atoms with van der Waals surface area (Å²) in [6.07, 6.45) is 0. The van der Waals surface area contributed by atoms with Gasteiger partial charge >= 0.3 is 0 Å². The van der Waals surface area contributed by atoms with E-state index >= 15 is 0 Å². The SMILES string of the molecule is COc1cccc(OC)c1C(c1ccccc1Br)N1CCNCC1. The number of nitrogens with one attached hydrogen (secondary N) is 1. The highest BCUT2D eigenvalue weighted by atomic mass is 79.9. The van der Waals surface area contributed by atoms with Crippen LogP contribution in [0.5, 0.6) is 11.5 Å². The number of methoxy groups -OCH3 is 2. The van der Waals surface area contributed by atoms with Crippen LogP contribution in [0.4, 0.5) is 0 Å². The Morgan fingerprint density at radius 3 is 2.17 bits per heavy atom. The third-order valence-corrected chi connectivity index (χ3v) is 5.18. The highest BCUT2D eigenvalue weighted by Gasteiger charge is 2.30. The second kappa shape index (κ2) is 8.01. The van der Waals surface area contributed by atoms with Gasteiger partial charge in [-0.05, 0) is 23.8 Å². The topological polar surface area (TPSA) is 33.7 Å². The first-order valence-corrected chi connectivity index (χ1v) is 8.95. The van der Waals surface area contributed by atoms with Crippen molar-refractivity contribution in [2.24, 2.45) is 0 Å². The molecule has 0 amide bonds. The predicted octanol–water partition coefficient (Wildman–Crippen LogP) is 3.46. The van der Waals surface area contributed by atoms with Crippen molar-refractivity contribution >= 4 is 15.9 Å². The van der Waals surface area contributed by atoms with Crippen LogP contribution in [0, 0.1) is 0 Å². The van der Waals surface area contributed by atoms with Crippen molar-refractivity contribution < 1.29 is 9.47 Å². The van der Waals surface area contributed by atoms with Gasteiger partial charge in [0.15, 0.2) is 0 Å². The van der Waals surface area contributed by atoms with Crippen LogP contribution in [0.15, 0.2) is 46.9 Å². The van der Waals surface area contributed by atoms with Crippen molar-refractivity contribution in [2.45, 2.75) is 6.04 Å². The Hall–Kier alpha value is -1.56. The lowest BCUT2D eigenvalue weighted by molar-refractivity contribution is 0.191. The molecule has 1 N–H and O–H groups in total. The van der Waals surface area contributed by atoms with Gasteiger partial charge in [0.25, 0.3) is 0 Å². The highest BCUT2D eigenvalue weighted by molar-refractivity contribution is 9.10. The Morgan fingerprint density at radius 2 is 1.58 bits per heavy atom. The minimum absolute atomic E-state index is 0.0776. The molecule has 4 nitrogen and oxygen atoms in total. The number of rotatable bonds is 5. The average molecular weight is 391 g/mol. The number of nitrogens with zero attached hydrogens (tertiary/aromatic N) is 1. The quantitative estimate of drug-likeness (QED) is 0.847. The maximum absolute atomic E-state index is 5.68. The van der Waals surface area contributed by atoms with Crippen LogP contribution >= 0.6 is 15.9 Å². The van der Waals surface area contributed by atoms with E-state index in [0.717, 1.165) is 47.7 Å². The van der Waals surface area contributed by atoms with Crippen molar-refractivity contribution in [3.05, 3.63) is 58.1 Å². The Kier molecular flexibility index (Phi) is 5.76. The first-order chi connectivity index (χ1) is 11.8. The third-order valence-electron chi connectivity index (χ3n) is 4.46. The molecule has 1 aliphatic rings. The molecular formula is C19H23BrN2O2. The van der Waals surface area contributed by atoms with E-state index in [1.165, 1.54) is 5.56 Å². The smallest absolute Gasteiger partial charge is 0.127 e. The van der Waals surface area contributed by atoms with Gasteiger partial charge < -0.3 is 14.8 Å². The first-order valence-electron chi connectivity index (χ1n) is 8.16. The zero-order valence-electron chi connectivity index (χ0n) is 14.1. The molecule has 5 heteroatoms. The van der Waals surface area contributed by atoms with Gasteiger partial charge in [-0.15, -0.1) is 0 Å². The van der Waals surface area contributed by atoms with Gasteiger partial charge in [-0.1, -0.05) is 40.2 Å². The molecule has 0 aromatic heterocycles. The number of benzene rings is 2. The molecule has 0 aliphatic carbocycles. The van der Waals surface area contributed by atoms with Gasteiger partial charge in [-0.2, -0.15) is 0 Å². The monoisotopic (exact) mass is 390 g/mol. The van der Waals surface area contributed by atoms with Crippen LogP contribution in [0.3, 0.4) is 0 Å². The molecule has 0 saturated carbocycles. The zero-order chi connectivity index (χ0) is 16.9. The lowest BCUT2D eigenvalue weighted by atomic mass is 9.94. The number of piperazine rings is 1. The van der Waals surface area contributed by atoms with Crippen LogP contribution in [0.1, 0.15) is 17.2 Å². The summed E-state index contributed by atoms with van der Waals surface area (Å²) in [6, 6.07) is 14.4. The Bertz CT molecular complexity index is 665. The Morgan fingerprint density at radius 1 is 0.958 bits per heavy atom. The molecular weight excluding hydrogens is 368 g/mol. The molecule has 2 aromatic rings. The van der Waals surface area contributed by atoms with Crippen molar-refractivity contribution in [3.63, 3.8) is 0 Å². The molecule has 1 saturated heterocycles. The molecule has 1 fully saturated rings. The van der Waals surface area contributed by atoms with Gasteiger partial charge in [-0.25, -0.2) is 0 Å². The summed E-state index contributed by atoms with van der Waals surface area (Å²) in [6.45, 7) is 3.93. The van der Waals surface area contributed by atoms with E-state index in [4.69, 9.17) is 9.47 Å². The third kappa shape index (κ3) is 3.43. The van der Waals surface area contributed by atoms with Crippen molar-refractivity contribution in [3.8, 4) is 11.5 Å². The molecule has 1 atom stereocenters. The molecule has 1 aliphatic heterocycles. The summed E-state index contributed by atoms with van der Waals surface area (Å²) in [4.78, 5) is 2.48. The number of hydrogen-bond donors (Lipinski definition) is 1. The summed E-state index contributed by atoms with van der Waals surface area (Å²) in [5.74, 6) is 1.71. The molecule has 2 aromatic carbocycles. The number of hydrogen-bond acceptors (Lipinski definition) is 4. The average Bonchev–Trinajstić information content (AvgIpc) is 2.64. The van der Waals surface area contributed by atoms with E-state index < -0.39 is 0 Å². The van der Waals surface area contributed by atoms with Gasteiger partial charge in [0.05, 0.1) is 25.8 Å². The molecule has 3 rings (SSSR count). The molecule has 24 heavy (non-hydrogen) atoms. The van der Waals surface area contributed by atoms with Gasteiger partial charge in [0.2, 0.25) is 0 Å². The van der Waals surface area contributed by atoms with Crippen molar-refractivity contribution in [1.29, 1.82) is 0 Å². The predicted molar refractivity (Wildman–Crippen MR) is 100.0 cm³/mol. The summed E-state index contributed by atoms with van der Waals surface area (Å²) in [5, 5.41) is 3.43. The van der Waals surface area contributed by atoms with E-state index in [-0.39, 0.29) is 6.04 Å². The molecule has 1 unspecified atom stereocenters. The summed E-state index contributed by atoms with van der Waals surface area (Å²) in [7, 11) is 3.43. The summed E-state index contributed by atoms with van der Waals surface area (Å²) in [5.41, 5.74) is 2.30. The van der Waals surface area contributed by atoms with Crippen molar-refractivity contribution in [1.82, 2.24) is 10.2 Å². The highest BCUT2D eigenvalue weighted by Crippen LogP contribution is 2.42. The molecule has 0 bridgehead atoms. The van der Waals surface area contributed by atoms with Crippen LogP contribution in [0.2, 0.25) is 0 Å². The van der Waals surface area contributed by atoms with E-state index in [0.29, 0.717) is 0 Å². The lowest BCUT2D eigenvalue weighted by Crippen LogP contribution is -2.45. The fourth-order valence-electron chi connectivity index (χ4n) is 3.32. The molecule has 0 spiro atoms. The maximum atomic E-state index is 5.68. The fourth-order valence-corrected chi connectivity index (χ4v) is 3.82. The summed E-state index contributed by atoms with van der Waals surface area (Å²) < 4.78 is 12.5. The minimum atomic E-state index is 0.0776. The van der Waals surface area contributed by atoms with Crippen LogP contribution in [0.25, 0.3) is 0 Å². The number of halogens is 1. The minimum Gasteiger partial charge on any atom is -0.496 e. The largest absolute Gasteiger partial charge is 0.496 e. The normalized spacial score (nSPS) is 16.6. The van der Waals surface area contributed by atoms with Crippen LogP contribution < -0.4 is 14.8 Å². The molecule has 0 radical (unpaired) electrons. The van der Waals surface area contributed by atoms with Crippen LogP contribution in [-0.4, -0.2) is 45.3 Å². The Labute approximate surface area is 151 Å². The summed E-state index contributed by atoms with van der Waals surface area (Å²) >= 11 is 3.73. The molecule has 1 heterocycles. The standard InChI is InChI=1S/C19H23BrN2O2/c1-23-16-8-5-9-17(24-2)18(16)19(22-12-10-21-11-13-22)14-6-3-4-7-15(14)20/h3-9,19,21H,10-13H2,1-2H3. The second-order valence-electron chi connectivity index (χ2n) is 5.79.